The Kier molecular flexibility index (Phi) is 3.20. The molecule has 2 N–H and O–H groups in total. The summed E-state index contributed by atoms with van der Waals surface area (Å²) in [5, 5.41) is 12.7. The molecule has 0 spiro atoms. The van der Waals surface area contributed by atoms with Gasteiger partial charge in [0.15, 0.2) is 0 Å². The number of rotatable bonds is 3. The third-order valence-electron chi connectivity index (χ3n) is 2.64. The van der Waals surface area contributed by atoms with Crippen molar-refractivity contribution in [1.29, 1.82) is 5.26 Å². The normalized spacial score (nSPS) is 10.1. The summed E-state index contributed by atoms with van der Waals surface area (Å²) in [6, 6.07) is 9.19. The molecular formula is C13H14N4O. The summed E-state index contributed by atoms with van der Waals surface area (Å²) in [5.74, 6) is 0.784. The van der Waals surface area contributed by atoms with Crippen molar-refractivity contribution in [1.82, 2.24) is 5.16 Å². The van der Waals surface area contributed by atoms with Crippen LogP contribution >= 0.6 is 0 Å². The second-order valence-corrected chi connectivity index (χ2v) is 4.17. The number of hydrogen-bond acceptors (Lipinski definition) is 5. The molecule has 0 saturated carbocycles. The summed E-state index contributed by atoms with van der Waals surface area (Å²) >= 11 is 0. The number of anilines is 2. The number of nitrogen functional groups attached to an aromatic ring is 1. The fourth-order valence-corrected chi connectivity index (χ4v) is 1.79. The van der Waals surface area contributed by atoms with E-state index in [1.807, 2.05) is 31.0 Å². The third-order valence-corrected chi connectivity index (χ3v) is 2.64. The Morgan fingerprint density at radius 3 is 2.78 bits per heavy atom. The van der Waals surface area contributed by atoms with E-state index in [1.54, 1.807) is 12.1 Å². The Bertz CT molecular complexity index is 597. The van der Waals surface area contributed by atoms with E-state index in [9.17, 15) is 0 Å². The van der Waals surface area contributed by atoms with Crippen LogP contribution < -0.4 is 10.6 Å². The quantitative estimate of drug-likeness (QED) is 0.833. The first-order chi connectivity index (χ1) is 8.60. The number of nitrogens with two attached hydrogens (primary N) is 1. The van der Waals surface area contributed by atoms with E-state index in [1.165, 1.54) is 0 Å². The molecule has 0 saturated heterocycles. The van der Waals surface area contributed by atoms with E-state index >= 15 is 0 Å². The molecule has 0 radical (unpaired) electrons. The predicted octanol–water partition coefficient (Wildman–Crippen LogP) is 2.07. The summed E-state index contributed by atoms with van der Waals surface area (Å²) in [7, 11) is 1.92. The Balaban J connectivity index is 2.19. The number of nitriles is 1. The van der Waals surface area contributed by atoms with Crippen LogP contribution in [0, 0.1) is 18.3 Å². The highest BCUT2D eigenvalue weighted by Crippen LogP contribution is 2.24. The van der Waals surface area contributed by atoms with Gasteiger partial charge in [-0.1, -0.05) is 5.16 Å². The lowest BCUT2D eigenvalue weighted by Crippen LogP contribution is -2.18. The second-order valence-electron chi connectivity index (χ2n) is 4.17. The van der Waals surface area contributed by atoms with E-state index in [2.05, 4.69) is 11.2 Å². The minimum Gasteiger partial charge on any atom is -0.397 e. The lowest BCUT2D eigenvalue weighted by atomic mass is 10.1. The summed E-state index contributed by atoms with van der Waals surface area (Å²) in [5.41, 5.74) is 8.77. The van der Waals surface area contributed by atoms with Crippen molar-refractivity contribution in [3.05, 3.63) is 41.3 Å². The topological polar surface area (TPSA) is 79.1 Å². The molecule has 2 rings (SSSR count). The van der Waals surface area contributed by atoms with Gasteiger partial charge in [-0.2, -0.15) is 5.26 Å². The fourth-order valence-electron chi connectivity index (χ4n) is 1.79. The number of aryl methyl sites for hydroxylation is 1. The van der Waals surface area contributed by atoms with Crippen LogP contribution in [0.2, 0.25) is 0 Å². The second kappa shape index (κ2) is 4.80. The molecular weight excluding hydrogens is 228 g/mol. The first-order valence-corrected chi connectivity index (χ1v) is 5.53. The molecule has 0 aliphatic rings. The van der Waals surface area contributed by atoms with E-state index in [0.29, 0.717) is 17.8 Å². The van der Waals surface area contributed by atoms with Gasteiger partial charge in [0.25, 0.3) is 0 Å². The average Bonchev–Trinajstić information content (AvgIpc) is 2.74. The maximum absolute atomic E-state index is 8.79. The standard InChI is InChI=1S/C13H14N4O/c1-9-5-11(16-18-9)8-17(2)13-4-3-10(7-14)6-12(13)15/h3-6H,8,15H2,1-2H3. The largest absolute Gasteiger partial charge is 0.397 e. The van der Waals surface area contributed by atoms with Crippen molar-refractivity contribution in [3.63, 3.8) is 0 Å². The van der Waals surface area contributed by atoms with Gasteiger partial charge in [0.05, 0.1) is 29.6 Å². The molecule has 5 nitrogen and oxygen atoms in total. The van der Waals surface area contributed by atoms with Gasteiger partial charge in [-0.3, -0.25) is 0 Å². The van der Waals surface area contributed by atoms with Gasteiger partial charge in [-0.05, 0) is 25.1 Å². The maximum atomic E-state index is 8.79. The number of benzene rings is 1. The van der Waals surface area contributed by atoms with Crippen molar-refractivity contribution in [2.24, 2.45) is 0 Å². The molecule has 0 amide bonds. The van der Waals surface area contributed by atoms with Crippen molar-refractivity contribution < 1.29 is 4.52 Å². The van der Waals surface area contributed by atoms with E-state index in [0.717, 1.165) is 17.1 Å². The molecule has 5 heteroatoms. The van der Waals surface area contributed by atoms with Gasteiger partial charge < -0.3 is 15.2 Å². The molecule has 18 heavy (non-hydrogen) atoms. The van der Waals surface area contributed by atoms with Crippen LogP contribution in [0.15, 0.2) is 28.8 Å². The first-order valence-electron chi connectivity index (χ1n) is 5.53. The van der Waals surface area contributed by atoms with Gasteiger partial charge in [0.1, 0.15) is 11.5 Å². The highest BCUT2D eigenvalue weighted by molar-refractivity contribution is 5.69. The number of hydrogen-bond donors (Lipinski definition) is 1. The van der Waals surface area contributed by atoms with Crippen LogP contribution in [-0.4, -0.2) is 12.2 Å². The van der Waals surface area contributed by atoms with Crippen molar-refractivity contribution in [2.75, 3.05) is 17.7 Å². The Labute approximate surface area is 105 Å². The fraction of sp³-hybridized carbons (Fsp3) is 0.231. The highest BCUT2D eigenvalue weighted by Gasteiger charge is 2.09. The smallest absolute Gasteiger partial charge is 0.133 e. The van der Waals surface area contributed by atoms with Gasteiger partial charge in [0.2, 0.25) is 0 Å². The van der Waals surface area contributed by atoms with Crippen molar-refractivity contribution in [3.8, 4) is 6.07 Å². The zero-order valence-corrected chi connectivity index (χ0v) is 10.3. The maximum Gasteiger partial charge on any atom is 0.133 e. The first kappa shape index (κ1) is 12.0. The minimum atomic E-state index is 0.557. The summed E-state index contributed by atoms with van der Waals surface area (Å²) in [4.78, 5) is 1.97. The predicted molar refractivity (Wildman–Crippen MR) is 68.9 cm³/mol. The third kappa shape index (κ3) is 2.43. The van der Waals surface area contributed by atoms with Crippen LogP contribution in [0.25, 0.3) is 0 Å². The number of aromatic nitrogens is 1. The molecule has 2 aromatic rings. The van der Waals surface area contributed by atoms with Gasteiger partial charge in [-0.25, -0.2) is 0 Å². The number of nitrogens with zero attached hydrogens (tertiary/aromatic N) is 3. The van der Waals surface area contributed by atoms with Crippen molar-refractivity contribution in [2.45, 2.75) is 13.5 Å². The Morgan fingerprint density at radius 1 is 1.44 bits per heavy atom. The lowest BCUT2D eigenvalue weighted by molar-refractivity contribution is 0.390. The monoisotopic (exact) mass is 242 g/mol. The van der Waals surface area contributed by atoms with Gasteiger partial charge in [-0.15, -0.1) is 0 Å². The SMILES string of the molecule is Cc1cc(CN(C)c2ccc(C#N)cc2N)no1. The zero-order chi connectivity index (χ0) is 13.1. The molecule has 0 unspecified atom stereocenters. The molecule has 0 aliphatic carbocycles. The van der Waals surface area contributed by atoms with Crippen LogP contribution in [0.5, 0.6) is 0 Å². The average molecular weight is 242 g/mol. The Hall–Kier alpha value is -2.48. The van der Waals surface area contributed by atoms with E-state index in [-0.39, 0.29) is 0 Å². The summed E-state index contributed by atoms with van der Waals surface area (Å²) in [6.07, 6.45) is 0. The Morgan fingerprint density at radius 2 is 2.22 bits per heavy atom. The van der Waals surface area contributed by atoms with Crippen LogP contribution in [-0.2, 0) is 6.54 Å². The molecule has 1 aromatic heterocycles. The molecule has 0 atom stereocenters. The highest BCUT2D eigenvalue weighted by atomic mass is 16.5. The van der Waals surface area contributed by atoms with Crippen molar-refractivity contribution >= 4 is 11.4 Å². The molecule has 0 aliphatic heterocycles. The van der Waals surface area contributed by atoms with E-state index in [4.69, 9.17) is 15.5 Å². The van der Waals surface area contributed by atoms with E-state index < -0.39 is 0 Å². The molecule has 1 aromatic carbocycles. The lowest BCUT2D eigenvalue weighted by Gasteiger charge is -2.19. The van der Waals surface area contributed by atoms with Gasteiger partial charge in [0, 0.05) is 13.1 Å². The van der Waals surface area contributed by atoms with Crippen LogP contribution in [0.1, 0.15) is 17.0 Å². The zero-order valence-electron chi connectivity index (χ0n) is 10.3. The summed E-state index contributed by atoms with van der Waals surface area (Å²) in [6.45, 7) is 2.46. The van der Waals surface area contributed by atoms with Gasteiger partial charge >= 0.3 is 0 Å². The summed E-state index contributed by atoms with van der Waals surface area (Å²) < 4.78 is 5.02. The molecule has 0 fully saturated rings. The minimum absolute atomic E-state index is 0.557. The molecule has 92 valence electrons. The molecule has 0 bridgehead atoms. The van der Waals surface area contributed by atoms with Crippen LogP contribution in [0.4, 0.5) is 11.4 Å². The molecule has 1 heterocycles. The van der Waals surface area contributed by atoms with Crippen LogP contribution in [0.3, 0.4) is 0 Å².